The second-order valence-electron chi connectivity index (χ2n) is 1.70. The van der Waals surface area contributed by atoms with Crippen molar-refractivity contribution in [2.75, 3.05) is 0 Å². The fourth-order valence-corrected chi connectivity index (χ4v) is 1.06. The molecule has 54 valence electrons. The van der Waals surface area contributed by atoms with Gasteiger partial charge in [0, 0.05) is 11.8 Å². The lowest BCUT2D eigenvalue weighted by molar-refractivity contribution is 0.668. The summed E-state index contributed by atoms with van der Waals surface area (Å²) in [5, 5.41) is 0.206. The maximum atomic E-state index is 5.49. The summed E-state index contributed by atoms with van der Waals surface area (Å²) in [5.41, 5.74) is 0.874. The van der Waals surface area contributed by atoms with Crippen molar-refractivity contribution >= 4 is 34.6 Å². The summed E-state index contributed by atoms with van der Waals surface area (Å²) in [6.07, 6.45) is 1.61. The van der Waals surface area contributed by atoms with Gasteiger partial charge in [-0.2, -0.15) is 4.98 Å². The van der Waals surface area contributed by atoms with Gasteiger partial charge in [0.15, 0.2) is 23.0 Å². The van der Waals surface area contributed by atoms with Crippen LogP contribution in [0.4, 0.5) is 0 Å². The highest BCUT2D eigenvalue weighted by Crippen LogP contribution is 2.16. The van der Waals surface area contributed by atoms with Crippen molar-refractivity contribution in [3.63, 3.8) is 0 Å². The van der Waals surface area contributed by atoms with Crippen molar-refractivity contribution < 1.29 is 3.07 Å². The normalized spacial score (nSPS) is 9.50. The SMILES string of the molecule is Cc1cnc(Cl)nc1OI. The van der Waals surface area contributed by atoms with E-state index in [1.54, 1.807) is 29.2 Å². The lowest BCUT2D eigenvalue weighted by Gasteiger charge is -1.98. The molecule has 1 heterocycles. The number of hydrogen-bond donors (Lipinski definition) is 0. The first kappa shape index (κ1) is 8.00. The van der Waals surface area contributed by atoms with Gasteiger partial charge in [-0.15, -0.1) is 0 Å². The molecule has 0 N–H and O–H groups in total. The molecular weight excluding hydrogens is 266 g/mol. The van der Waals surface area contributed by atoms with Crippen LogP contribution in [0.5, 0.6) is 5.88 Å². The van der Waals surface area contributed by atoms with Crippen LogP contribution in [0.3, 0.4) is 0 Å². The van der Waals surface area contributed by atoms with E-state index in [-0.39, 0.29) is 5.28 Å². The Morgan fingerprint density at radius 3 is 2.90 bits per heavy atom. The van der Waals surface area contributed by atoms with Crippen LogP contribution in [0, 0.1) is 6.92 Å². The zero-order chi connectivity index (χ0) is 7.56. The first-order valence-electron chi connectivity index (χ1n) is 2.52. The van der Waals surface area contributed by atoms with Crippen molar-refractivity contribution in [2.45, 2.75) is 6.92 Å². The molecule has 0 amide bonds. The minimum Gasteiger partial charge on any atom is -0.408 e. The Morgan fingerprint density at radius 2 is 2.40 bits per heavy atom. The largest absolute Gasteiger partial charge is 0.408 e. The number of aryl methyl sites for hydroxylation is 1. The number of hydrogen-bond acceptors (Lipinski definition) is 3. The van der Waals surface area contributed by atoms with Crippen LogP contribution >= 0.6 is 34.6 Å². The first-order chi connectivity index (χ1) is 4.74. The van der Waals surface area contributed by atoms with Gasteiger partial charge >= 0.3 is 0 Å². The van der Waals surface area contributed by atoms with E-state index in [4.69, 9.17) is 14.7 Å². The number of rotatable bonds is 1. The minimum absolute atomic E-state index is 0.206. The third-order valence-electron chi connectivity index (χ3n) is 0.969. The molecule has 0 saturated carbocycles. The molecule has 0 aliphatic carbocycles. The Kier molecular flexibility index (Phi) is 2.67. The molecule has 10 heavy (non-hydrogen) atoms. The summed E-state index contributed by atoms with van der Waals surface area (Å²) >= 11 is 7.24. The fraction of sp³-hybridized carbons (Fsp3) is 0.200. The molecule has 0 unspecified atom stereocenters. The third kappa shape index (κ3) is 1.69. The Labute approximate surface area is 77.5 Å². The highest BCUT2D eigenvalue weighted by atomic mass is 127. The molecule has 0 aromatic carbocycles. The Bertz CT molecular complexity index is 243. The van der Waals surface area contributed by atoms with Crippen LogP contribution in [0.1, 0.15) is 5.56 Å². The lowest BCUT2D eigenvalue weighted by Crippen LogP contribution is -1.88. The van der Waals surface area contributed by atoms with Crippen LogP contribution in [-0.4, -0.2) is 9.97 Å². The van der Waals surface area contributed by atoms with Gasteiger partial charge in [-0.3, -0.25) is 0 Å². The van der Waals surface area contributed by atoms with Gasteiger partial charge in [0.2, 0.25) is 11.2 Å². The monoisotopic (exact) mass is 270 g/mol. The summed E-state index contributed by atoms with van der Waals surface area (Å²) in [5.74, 6) is 0.514. The van der Waals surface area contributed by atoms with E-state index in [0.29, 0.717) is 5.88 Å². The molecule has 5 heteroatoms. The molecule has 0 fully saturated rings. The standard InChI is InChI=1S/C5H4ClIN2O/c1-3-2-8-5(6)9-4(3)10-7/h2H,1H3. The molecule has 1 aromatic heterocycles. The first-order valence-corrected chi connectivity index (χ1v) is 3.77. The quantitative estimate of drug-likeness (QED) is 0.579. The molecule has 3 nitrogen and oxygen atoms in total. The summed E-state index contributed by atoms with van der Waals surface area (Å²) in [7, 11) is 0. The summed E-state index contributed by atoms with van der Waals surface area (Å²) < 4.78 is 4.86. The molecule has 1 aromatic rings. The summed E-state index contributed by atoms with van der Waals surface area (Å²) in [6, 6.07) is 0. The van der Waals surface area contributed by atoms with Gasteiger partial charge in [-0.25, -0.2) is 4.98 Å². The van der Waals surface area contributed by atoms with Crippen LogP contribution < -0.4 is 3.07 Å². The summed E-state index contributed by atoms with van der Waals surface area (Å²) in [6.45, 7) is 1.85. The van der Waals surface area contributed by atoms with E-state index in [0.717, 1.165) is 5.56 Å². The minimum atomic E-state index is 0.206. The van der Waals surface area contributed by atoms with Crippen molar-refractivity contribution in [1.82, 2.24) is 9.97 Å². The predicted octanol–water partition coefficient (Wildman–Crippen LogP) is 2.17. The van der Waals surface area contributed by atoms with Gasteiger partial charge < -0.3 is 3.07 Å². The van der Waals surface area contributed by atoms with Crippen LogP contribution in [0.15, 0.2) is 6.20 Å². The highest BCUT2D eigenvalue weighted by Gasteiger charge is 2.00. The zero-order valence-corrected chi connectivity index (χ0v) is 8.05. The van der Waals surface area contributed by atoms with Gasteiger partial charge in [-0.05, 0) is 18.5 Å². The molecule has 0 bridgehead atoms. The molecule has 0 radical (unpaired) electrons. The lowest BCUT2D eigenvalue weighted by atomic mass is 10.4. The predicted molar refractivity (Wildman–Crippen MR) is 46.4 cm³/mol. The maximum absolute atomic E-state index is 5.49. The molecule has 0 spiro atoms. The van der Waals surface area contributed by atoms with E-state index < -0.39 is 0 Å². The molecular formula is C5H4ClIN2O. The van der Waals surface area contributed by atoms with Gasteiger partial charge in [0.05, 0.1) is 0 Å². The van der Waals surface area contributed by atoms with Crippen LogP contribution in [0.25, 0.3) is 0 Å². The van der Waals surface area contributed by atoms with Gasteiger partial charge in [-0.1, -0.05) is 0 Å². The highest BCUT2D eigenvalue weighted by molar-refractivity contribution is 14.1. The van der Waals surface area contributed by atoms with Crippen molar-refractivity contribution in [2.24, 2.45) is 0 Å². The molecule has 1 rings (SSSR count). The number of halogens is 2. The fourth-order valence-electron chi connectivity index (χ4n) is 0.484. The van der Waals surface area contributed by atoms with E-state index in [1.807, 2.05) is 6.92 Å². The second kappa shape index (κ2) is 3.34. The van der Waals surface area contributed by atoms with Gasteiger partial charge in [0.25, 0.3) is 0 Å². The van der Waals surface area contributed by atoms with Crippen LogP contribution in [0.2, 0.25) is 5.28 Å². The topological polar surface area (TPSA) is 35.0 Å². The maximum Gasteiger partial charge on any atom is 0.231 e. The second-order valence-corrected chi connectivity index (χ2v) is 2.48. The third-order valence-corrected chi connectivity index (χ3v) is 1.57. The van der Waals surface area contributed by atoms with Crippen molar-refractivity contribution in [3.05, 3.63) is 17.0 Å². The van der Waals surface area contributed by atoms with Crippen molar-refractivity contribution in [3.8, 4) is 5.88 Å². The number of nitrogens with zero attached hydrogens (tertiary/aromatic N) is 2. The molecule has 0 aliphatic rings. The van der Waals surface area contributed by atoms with E-state index in [9.17, 15) is 0 Å². The summed E-state index contributed by atoms with van der Waals surface area (Å²) in [4.78, 5) is 7.57. The number of aromatic nitrogens is 2. The molecule has 0 atom stereocenters. The van der Waals surface area contributed by atoms with Gasteiger partial charge in [0.1, 0.15) is 0 Å². The molecule has 0 aliphatic heterocycles. The van der Waals surface area contributed by atoms with E-state index in [2.05, 4.69) is 9.97 Å². The van der Waals surface area contributed by atoms with Crippen LogP contribution in [-0.2, 0) is 0 Å². The Balaban J connectivity index is 3.09. The molecule has 0 saturated heterocycles. The zero-order valence-electron chi connectivity index (χ0n) is 5.14. The van der Waals surface area contributed by atoms with E-state index in [1.165, 1.54) is 0 Å². The average Bonchev–Trinajstić information content (AvgIpc) is 1.94. The Morgan fingerprint density at radius 1 is 1.70 bits per heavy atom. The Hall–Kier alpha value is -0.100. The van der Waals surface area contributed by atoms with E-state index >= 15 is 0 Å². The smallest absolute Gasteiger partial charge is 0.231 e. The van der Waals surface area contributed by atoms with Crippen molar-refractivity contribution in [1.29, 1.82) is 0 Å². The average molecular weight is 270 g/mol.